The Bertz CT molecular complexity index is 1070. The smallest absolute Gasteiger partial charge is 0.272 e. The van der Waals surface area contributed by atoms with Crippen LogP contribution in [0.15, 0.2) is 16.9 Å². The molecule has 10 heteroatoms. The van der Waals surface area contributed by atoms with Gasteiger partial charge < -0.3 is 5.32 Å². The van der Waals surface area contributed by atoms with Crippen LogP contribution in [0, 0.1) is 5.92 Å². The highest BCUT2D eigenvalue weighted by atomic mass is 32.2. The van der Waals surface area contributed by atoms with Gasteiger partial charge in [-0.15, -0.1) is 0 Å². The van der Waals surface area contributed by atoms with Crippen molar-refractivity contribution in [3.63, 3.8) is 0 Å². The van der Waals surface area contributed by atoms with Gasteiger partial charge in [0.25, 0.3) is 5.56 Å². The number of carbonyl (C=O) groups excluding carboxylic acids is 1. The van der Waals surface area contributed by atoms with Crippen molar-refractivity contribution in [3.05, 3.63) is 33.9 Å². The molecule has 1 aliphatic rings. The number of H-pyrrole nitrogens is 1. The molecular formula is C19H29N5O4S. The Labute approximate surface area is 170 Å². The highest BCUT2D eigenvalue weighted by molar-refractivity contribution is 7.88. The summed E-state index contributed by atoms with van der Waals surface area (Å²) in [7, 11) is -3.22. The second kappa shape index (κ2) is 7.56. The Kier molecular flexibility index (Phi) is 5.61. The van der Waals surface area contributed by atoms with Crippen molar-refractivity contribution in [3.8, 4) is 0 Å². The number of carbonyl (C=O) groups is 1. The predicted molar refractivity (Wildman–Crippen MR) is 110 cm³/mol. The molecule has 3 heterocycles. The van der Waals surface area contributed by atoms with Gasteiger partial charge in [0, 0.05) is 42.2 Å². The van der Waals surface area contributed by atoms with E-state index in [2.05, 4.69) is 15.4 Å². The number of hydrogen-bond donors (Lipinski definition) is 2. The Morgan fingerprint density at radius 3 is 2.45 bits per heavy atom. The highest BCUT2D eigenvalue weighted by Crippen LogP contribution is 2.22. The van der Waals surface area contributed by atoms with Crippen molar-refractivity contribution in [2.45, 2.75) is 52.0 Å². The van der Waals surface area contributed by atoms with Crippen molar-refractivity contribution >= 4 is 21.6 Å². The first-order valence-corrected chi connectivity index (χ1v) is 11.6. The Morgan fingerprint density at radius 2 is 1.90 bits per heavy atom. The summed E-state index contributed by atoms with van der Waals surface area (Å²) in [5, 5.41) is 6.00. The van der Waals surface area contributed by atoms with E-state index in [1.807, 2.05) is 26.8 Å². The third-order valence-corrected chi connectivity index (χ3v) is 6.68. The SMILES string of the molecule is C[C@H](NC(=O)C1CCN(S(C)(=O)=O)CC1)c1cc(=O)n2[nH]c(C(C)(C)C)cc2n1. The topological polar surface area (TPSA) is 117 Å². The van der Waals surface area contributed by atoms with E-state index < -0.39 is 16.1 Å². The molecule has 2 aromatic rings. The van der Waals surface area contributed by atoms with E-state index in [4.69, 9.17) is 0 Å². The van der Waals surface area contributed by atoms with Gasteiger partial charge in [-0.3, -0.25) is 14.7 Å². The number of nitrogens with one attached hydrogen (secondary N) is 2. The summed E-state index contributed by atoms with van der Waals surface area (Å²) < 4.78 is 26.0. The molecule has 0 radical (unpaired) electrons. The summed E-state index contributed by atoms with van der Waals surface area (Å²) in [6.45, 7) is 8.61. The molecule has 1 aliphatic heterocycles. The molecule has 29 heavy (non-hydrogen) atoms. The molecule has 0 aromatic carbocycles. The summed E-state index contributed by atoms with van der Waals surface area (Å²) >= 11 is 0. The van der Waals surface area contributed by atoms with Gasteiger partial charge in [-0.2, -0.15) is 0 Å². The van der Waals surface area contributed by atoms with Crippen LogP contribution in [-0.4, -0.2) is 52.6 Å². The van der Waals surface area contributed by atoms with Gasteiger partial charge >= 0.3 is 0 Å². The van der Waals surface area contributed by atoms with E-state index >= 15 is 0 Å². The average Bonchev–Trinajstić information content (AvgIpc) is 3.06. The van der Waals surface area contributed by atoms with Crippen LogP contribution in [0.1, 0.15) is 58.0 Å². The molecule has 3 rings (SSSR count). The highest BCUT2D eigenvalue weighted by Gasteiger charge is 2.30. The van der Waals surface area contributed by atoms with Gasteiger partial charge in [0.05, 0.1) is 18.0 Å². The van der Waals surface area contributed by atoms with Gasteiger partial charge in [-0.25, -0.2) is 22.2 Å². The van der Waals surface area contributed by atoms with E-state index in [-0.39, 0.29) is 22.8 Å². The third-order valence-electron chi connectivity index (χ3n) is 5.37. The fraction of sp³-hybridized carbons (Fsp3) is 0.632. The summed E-state index contributed by atoms with van der Waals surface area (Å²) in [4.78, 5) is 29.6. The second-order valence-electron chi connectivity index (χ2n) is 8.80. The van der Waals surface area contributed by atoms with Crippen molar-refractivity contribution in [2.75, 3.05) is 19.3 Å². The number of hydrogen-bond acceptors (Lipinski definition) is 5. The van der Waals surface area contributed by atoms with Gasteiger partial charge in [0.2, 0.25) is 15.9 Å². The minimum absolute atomic E-state index is 0.142. The third kappa shape index (κ3) is 4.69. The lowest BCUT2D eigenvalue weighted by Crippen LogP contribution is -2.43. The average molecular weight is 424 g/mol. The van der Waals surface area contributed by atoms with Gasteiger partial charge in [0.1, 0.15) is 0 Å². The number of aromatic nitrogens is 3. The Hall–Kier alpha value is -2.20. The summed E-state index contributed by atoms with van der Waals surface area (Å²) in [5.41, 5.74) is 1.52. The zero-order chi connectivity index (χ0) is 21.6. The number of nitrogens with zero attached hydrogens (tertiary/aromatic N) is 3. The van der Waals surface area contributed by atoms with Crippen LogP contribution < -0.4 is 10.9 Å². The Morgan fingerprint density at radius 1 is 1.28 bits per heavy atom. The minimum atomic E-state index is -3.22. The molecule has 0 spiro atoms. The molecule has 0 saturated carbocycles. The van der Waals surface area contributed by atoms with Crippen molar-refractivity contribution < 1.29 is 13.2 Å². The first-order chi connectivity index (χ1) is 13.4. The van der Waals surface area contributed by atoms with E-state index in [9.17, 15) is 18.0 Å². The number of piperidine rings is 1. The van der Waals surface area contributed by atoms with Crippen LogP contribution in [0.5, 0.6) is 0 Å². The number of amides is 1. The molecule has 1 amide bonds. The van der Waals surface area contributed by atoms with E-state index in [1.165, 1.54) is 21.1 Å². The van der Waals surface area contributed by atoms with Crippen molar-refractivity contribution in [1.82, 2.24) is 24.2 Å². The maximum Gasteiger partial charge on any atom is 0.272 e. The van der Waals surface area contributed by atoms with Crippen molar-refractivity contribution in [2.24, 2.45) is 5.92 Å². The number of fused-ring (bicyclic) bond motifs is 1. The van der Waals surface area contributed by atoms with Gasteiger partial charge in [-0.1, -0.05) is 20.8 Å². The van der Waals surface area contributed by atoms with E-state index in [0.29, 0.717) is 37.3 Å². The largest absolute Gasteiger partial charge is 0.348 e. The normalized spacial score (nSPS) is 18.1. The Balaban J connectivity index is 1.72. The molecule has 1 atom stereocenters. The standard InChI is InChI=1S/C19H29N5O4S/c1-12(20-18(26)13-6-8-23(9-7-13)29(5,27)28)14-10-17(25)24-16(21-14)11-15(22-24)19(2,3)4/h10-13,22H,6-9H2,1-5H3,(H,20,26)/t12-/m0/s1. The van der Waals surface area contributed by atoms with Crippen LogP contribution in [-0.2, 0) is 20.2 Å². The first-order valence-electron chi connectivity index (χ1n) is 9.75. The molecule has 1 fully saturated rings. The maximum atomic E-state index is 12.6. The lowest BCUT2D eigenvalue weighted by molar-refractivity contribution is -0.126. The quantitative estimate of drug-likeness (QED) is 0.766. The fourth-order valence-corrected chi connectivity index (χ4v) is 4.34. The second-order valence-corrected chi connectivity index (χ2v) is 10.8. The van der Waals surface area contributed by atoms with Crippen LogP contribution in [0.4, 0.5) is 0 Å². The fourth-order valence-electron chi connectivity index (χ4n) is 3.47. The van der Waals surface area contributed by atoms with E-state index in [0.717, 1.165) is 5.69 Å². The molecule has 160 valence electrons. The summed E-state index contributed by atoms with van der Waals surface area (Å²) in [6.07, 6.45) is 2.14. The minimum Gasteiger partial charge on any atom is -0.348 e. The predicted octanol–water partition coefficient (Wildman–Crippen LogP) is 1.17. The first kappa shape index (κ1) is 21.5. The molecule has 1 saturated heterocycles. The van der Waals surface area contributed by atoms with Crippen LogP contribution in [0.3, 0.4) is 0 Å². The summed E-state index contributed by atoms with van der Waals surface area (Å²) in [6, 6.07) is 2.84. The molecule has 2 aromatic heterocycles. The molecule has 0 unspecified atom stereocenters. The molecular weight excluding hydrogens is 394 g/mol. The maximum absolute atomic E-state index is 12.6. The van der Waals surface area contributed by atoms with Crippen LogP contribution in [0.25, 0.3) is 5.65 Å². The monoisotopic (exact) mass is 423 g/mol. The molecule has 2 N–H and O–H groups in total. The number of rotatable bonds is 4. The summed E-state index contributed by atoms with van der Waals surface area (Å²) in [5.74, 6) is -0.392. The zero-order valence-corrected chi connectivity index (χ0v) is 18.3. The van der Waals surface area contributed by atoms with Gasteiger partial charge in [0.15, 0.2) is 5.65 Å². The van der Waals surface area contributed by atoms with Gasteiger partial charge in [-0.05, 0) is 19.8 Å². The number of aromatic amines is 1. The molecule has 9 nitrogen and oxygen atoms in total. The van der Waals surface area contributed by atoms with Crippen LogP contribution >= 0.6 is 0 Å². The van der Waals surface area contributed by atoms with Crippen molar-refractivity contribution in [1.29, 1.82) is 0 Å². The number of sulfonamides is 1. The lowest BCUT2D eigenvalue weighted by Gasteiger charge is -2.30. The molecule has 0 aliphatic carbocycles. The van der Waals surface area contributed by atoms with Crippen LogP contribution in [0.2, 0.25) is 0 Å². The van der Waals surface area contributed by atoms with E-state index in [1.54, 1.807) is 6.92 Å². The zero-order valence-electron chi connectivity index (χ0n) is 17.5. The molecule has 0 bridgehead atoms. The lowest BCUT2D eigenvalue weighted by atomic mass is 9.93.